The monoisotopic (exact) mass is 221 g/mol. The lowest BCUT2D eigenvalue weighted by atomic mass is 10.0. The van der Waals surface area contributed by atoms with E-state index in [1.54, 1.807) is 0 Å². The van der Waals surface area contributed by atoms with E-state index in [0.29, 0.717) is 11.9 Å². The van der Waals surface area contributed by atoms with Crippen LogP contribution >= 0.6 is 11.9 Å². The Kier molecular flexibility index (Phi) is 3.87. The zero-order valence-electron chi connectivity index (χ0n) is 8.81. The molecule has 80 valence electrons. The quantitative estimate of drug-likeness (QED) is 0.528. The van der Waals surface area contributed by atoms with Gasteiger partial charge in [0.2, 0.25) is 5.91 Å². The molecule has 1 amide bonds. The number of hydrogen-bond donors (Lipinski definition) is 2. The molecule has 0 aromatic heterocycles. The van der Waals surface area contributed by atoms with Crippen LogP contribution in [0.4, 0.5) is 0 Å². The number of amides is 1. The molecule has 1 atom stereocenters. The number of hydrogen-bond acceptors (Lipinski definition) is 5. The Balaban J connectivity index is 4.72. The molecule has 14 heavy (non-hydrogen) atoms. The van der Waals surface area contributed by atoms with Gasteiger partial charge in [0.1, 0.15) is 6.04 Å². The normalized spacial score (nSPS) is 14.0. The Hall–Kier alpha value is -1.11. The average molecular weight is 221 g/mol. The predicted molar refractivity (Wildman–Crippen MR) is 52.7 cm³/mol. The summed E-state index contributed by atoms with van der Waals surface area (Å²) in [5, 5.41) is 11.0. The molecule has 0 aromatic rings. The van der Waals surface area contributed by atoms with Crippen LogP contribution in [0.3, 0.4) is 0 Å². The third-order valence-electron chi connectivity index (χ3n) is 1.52. The number of carboxylic acids is 1. The number of aliphatic carboxylic acids is 1. The van der Waals surface area contributed by atoms with E-state index in [9.17, 15) is 14.5 Å². The molecule has 0 aromatic carbocycles. The second-order valence-corrected chi connectivity index (χ2v) is 4.49. The van der Waals surface area contributed by atoms with Crippen molar-refractivity contribution >= 4 is 23.8 Å². The van der Waals surface area contributed by atoms with Crippen molar-refractivity contribution < 1.29 is 16.1 Å². The van der Waals surface area contributed by atoms with E-state index in [0.717, 1.165) is 0 Å². The SMILES string of the molecule is [2H]CC(=O)NC(C(=O)O)C(C)(C)SN=O. The minimum atomic E-state index is -1.27. The first-order chi connectivity index (χ1) is 6.85. The van der Waals surface area contributed by atoms with Gasteiger partial charge < -0.3 is 10.4 Å². The summed E-state index contributed by atoms with van der Waals surface area (Å²) in [6.07, 6.45) is 0. The first-order valence-corrected chi connectivity index (χ1v) is 4.44. The van der Waals surface area contributed by atoms with Gasteiger partial charge in [-0.2, -0.15) is 0 Å². The lowest BCUT2D eigenvalue weighted by Crippen LogP contribution is -2.51. The minimum Gasteiger partial charge on any atom is -0.480 e. The zero-order valence-corrected chi connectivity index (χ0v) is 8.63. The Morgan fingerprint density at radius 1 is 1.64 bits per heavy atom. The second kappa shape index (κ2) is 4.94. The molecule has 0 saturated heterocycles. The van der Waals surface area contributed by atoms with Gasteiger partial charge in [0.05, 0.1) is 4.75 Å². The van der Waals surface area contributed by atoms with Crippen LogP contribution in [-0.4, -0.2) is 27.8 Å². The molecule has 0 heterocycles. The molecule has 0 rings (SSSR count). The molecule has 0 radical (unpaired) electrons. The van der Waals surface area contributed by atoms with Crippen molar-refractivity contribution in [2.24, 2.45) is 4.58 Å². The molecule has 0 saturated carbocycles. The highest BCUT2D eigenvalue weighted by Gasteiger charge is 2.37. The van der Waals surface area contributed by atoms with E-state index in [1.807, 2.05) is 0 Å². The zero-order chi connectivity index (χ0) is 12.1. The maximum absolute atomic E-state index is 10.9. The van der Waals surface area contributed by atoms with Gasteiger partial charge in [-0.3, -0.25) is 4.79 Å². The fourth-order valence-electron chi connectivity index (χ4n) is 0.843. The molecule has 0 bridgehead atoms. The van der Waals surface area contributed by atoms with Crippen LogP contribution in [0.25, 0.3) is 0 Å². The molecule has 7 heteroatoms. The van der Waals surface area contributed by atoms with Gasteiger partial charge in [-0.25, -0.2) is 4.79 Å². The Labute approximate surface area is 87.0 Å². The van der Waals surface area contributed by atoms with Crippen LogP contribution < -0.4 is 5.32 Å². The molecule has 0 aliphatic carbocycles. The van der Waals surface area contributed by atoms with Crippen molar-refractivity contribution in [3.8, 4) is 0 Å². The topological polar surface area (TPSA) is 95.8 Å². The standard InChI is InChI=1S/C7H12N2O4S/c1-4(10)8-5(6(11)12)7(2,3)14-9-13/h5H,1-3H3,(H,8,10)(H,11,12)/i1D. The van der Waals surface area contributed by atoms with Crippen molar-refractivity contribution in [2.75, 3.05) is 0 Å². The van der Waals surface area contributed by atoms with Gasteiger partial charge in [0.25, 0.3) is 0 Å². The van der Waals surface area contributed by atoms with Crippen LogP contribution in [0.5, 0.6) is 0 Å². The van der Waals surface area contributed by atoms with Crippen molar-refractivity contribution in [3.05, 3.63) is 4.91 Å². The summed E-state index contributed by atoms with van der Waals surface area (Å²) in [7, 11) is 0. The maximum Gasteiger partial charge on any atom is 0.327 e. The summed E-state index contributed by atoms with van der Waals surface area (Å²) in [6, 6.07) is -1.25. The van der Waals surface area contributed by atoms with Gasteiger partial charge in [-0.1, -0.05) is 0 Å². The number of carbonyl (C=O) groups is 2. The average Bonchev–Trinajstić information content (AvgIpc) is 2.12. The third-order valence-corrected chi connectivity index (χ3v) is 2.30. The highest BCUT2D eigenvalue weighted by atomic mass is 32.2. The largest absolute Gasteiger partial charge is 0.480 e. The maximum atomic E-state index is 10.9. The fourth-order valence-corrected chi connectivity index (χ4v) is 1.30. The van der Waals surface area contributed by atoms with Gasteiger partial charge in [-0.05, 0) is 13.8 Å². The summed E-state index contributed by atoms with van der Waals surface area (Å²) in [4.78, 5) is 31.8. The third kappa shape index (κ3) is 3.73. The Morgan fingerprint density at radius 2 is 2.21 bits per heavy atom. The fraction of sp³-hybridized carbons (Fsp3) is 0.714. The van der Waals surface area contributed by atoms with E-state index in [2.05, 4.69) is 9.90 Å². The van der Waals surface area contributed by atoms with Crippen LogP contribution in [0, 0.1) is 4.91 Å². The van der Waals surface area contributed by atoms with E-state index in [4.69, 9.17) is 6.48 Å². The Morgan fingerprint density at radius 3 is 2.57 bits per heavy atom. The number of carbonyl (C=O) groups excluding carboxylic acids is 1. The van der Waals surface area contributed by atoms with Crippen molar-refractivity contribution in [3.63, 3.8) is 0 Å². The molecular formula is C7H12N2O4S. The predicted octanol–water partition coefficient (Wildman–Crippen LogP) is 0.769. The molecule has 0 aliphatic heterocycles. The van der Waals surface area contributed by atoms with Crippen molar-refractivity contribution in [2.45, 2.75) is 31.5 Å². The minimum absolute atomic E-state index is 0.535. The lowest BCUT2D eigenvalue weighted by molar-refractivity contribution is -0.142. The highest BCUT2D eigenvalue weighted by Crippen LogP contribution is 2.29. The van der Waals surface area contributed by atoms with Crippen molar-refractivity contribution in [1.82, 2.24) is 5.32 Å². The molecule has 2 N–H and O–H groups in total. The van der Waals surface area contributed by atoms with Crippen LogP contribution in [0.15, 0.2) is 4.58 Å². The lowest BCUT2D eigenvalue weighted by Gasteiger charge is -2.27. The van der Waals surface area contributed by atoms with Crippen LogP contribution in [0.2, 0.25) is 0 Å². The second-order valence-electron chi connectivity index (χ2n) is 3.11. The molecule has 6 nitrogen and oxygen atoms in total. The summed E-state index contributed by atoms with van der Waals surface area (Å²) in [5.74, 6) is -1.97. The van der Waals surface area contributed by atoms with E-state index in [-0.39, 0.29) is 0 Å². The van der Waals surface area contributed by atoms with Crippen molar-refractivity contribution in [1.29, 1.82) is 0 Å². The molecule has 0 spiro atoms. The molecular weight excluding hydrogens is 208 g/mol. The Bertz CT molecular complexity index is 272. The summed E-state index contributed by atoms with van der Waals surface area (Å²) in [6.45, 7) is 2.39. The van der Waals surface area contributed by atoms with E-state index < -0.39 is 29.6 Å². The smallest absolute Gasteiger partial charge is 0.327 e. The summed E-state index contributed by atoms with van der Waals surface area (Å²) < 4.78 is 8.24. The number of rotatable bonds is 5. The molecule has 0 fully saturated rings. The van der Waals surface area contributed by atoms with Gasteiger partial charge in [0.15, 0.2) is 0 Å². The summed E-state index contributed by atoms with van der Waals surface area (Å²) in [5.41, 5.74) is 0. The van der Waals surface area contributed by atoms with Gasteiger partial charge in [0, 0.05) is 24.8 Å². The number of carboxylic acid groups (broad SMARTS) is 1. The first kappa shape index (κ1) is 11.0. The van der Waals surface area contributed by atoms with E-state index >= 15 is 0 Å². The molecule has 1 unspecified atom stereocenters. The van der Waals surface area contributed by atoms with Crippen LogP contribution in [-0.2, 0) is 9.59 Å². The number of nitrogens with one attached hydrogen (secondary N) is 1. The van der Waals surface area contributed by atoms with E-state index in [1.165, 1.54) is 13.8 Å². The summed E-state index contributed by atoms with van der Waals surface area (Å²) >= 11 is 0.535. The van der Waals surface area contributed by atoms with Crippen LogP contribution in [0.1, 0.15) is 22.1 Å². The van der Waals surface area contributed by atoms with Gasteiger partial charge >= 0.3 is 5.97 Å². The van der Waals surface area contributed by atoms with Gasteiger partial charge in [-0.15, -0.1) is 4.91 Å². The number of nitroso groups, excluding NO2 is 1. The first-order valence-electron chi connectivity index (χ1n) is 4.38. The molecule has 0 aliphatic rings. The number of nitrogens with zero attached hydrogens (tertiary/aromatic N) is 1. The highest BCUT2D eigenvalue weighted by molar-refractivity contribution is 7.99.